The molecule has 2 nitrogen and oxygen atoms in total. The first-order chi connectivity index (χ1) is 6.73. The molecule has 1 aliphatic heterocycles. The largest absolute Gasteiger partial charge is 0.390 e. The second-order valence-corrected chi connectivity index (χ2v) is 5.06. The predicted molar refractivity (Wildman–Crippen MR) is 58.3 cm³/mol. The summed E-state index contributed by atoms with van der Waals surface area (Å²) < 4.78 is 0. The van der Waals surface area contributed by atoms with Crippen LogP contribution in [0.4, 0.5) is 0 Å². The van der Waals surface area contributed by atoms with Gasteiger partial charge in [-0.1, -0.05) is 13.3 Å². The van der Waals surface area contributed by atoms with Gasteiger partial charge in [0, 0.05) is 6.04 Å². The first kappa shape index (κ1) is 10.4. The predicted octanol–water partition coefficient (Wildman–Crippen LogP) is 2.17. The zero-order valence-corrected chi connectivity index (χ0v) is 9.34. The van der Waals surface area contributed by atoms with E-state index in [4.69, 9.17) is 0 Å². The van der Waals surface area contributed by atoms with Crippen LogP contribution >= 0.6 is 0 Å². The average Bonchev–Trinajstić information content (AvgIpc) is 2.16. The lowest BCUT2D eigenvalue weighted by molar-refractivity contribution is -0.0637. The Morgan fingerprint density at radius 3 is 2.64 bits per heavy atom. The zero-order chi connectivity index (χ0) is 10.0. The molecule has 1 saturated heterocycles. The molecule has 1 N–H and O–H groups in total. The van der Waals surface area contributed by atoms with Gasteiger partial charge in [-0.2, -0.15) is 0 Å². The van der Waals surface area contributed by atoms with E-state index in [9.17, 15) is 5.11 Å². The number of hydrogen-bond donors (Lipinski definition) is 1. The van der Waals surface area contributed by atoms with Gasteiger partial charge in [-0.25, -0.2) is 0 Å². The van der Waals surface area contributed by atoms with Crippen molar-refractivity contribution >= 4 is 0 Å². The highest BCUT2D eigenvalue weighted by Gasteiger charge is 2.38. The van der Waals surface area contributed by atoms with E-state index in [1.54, 1.807) is 0 Å². The van der Waals surface area contributed by atoms with Crippen LogP contribution in [0.5, 0.6) is 0 Å². The minimum atomic E-state index is -0.282. The van der Waals surface area contributed by atoms with Gasteiger partial charge in [0.25, 0.3) is 0 Å². The molecule has 2 rings (SSSR count). The smallest absolute Gasteiger partial charge is 0.0662 e. The van der Waals surface area contributed by atoms with Gasteiger partial charge in [0.2, 0.25) is 0 Å². The molecular formula is C12H23NO. The summed E-state index contributed by atoms with van der Waals surface area (Å²) in [7, 11) is 0. The molecule has 2 fully saturated rings. The number of aliphatic hydroxyl groups is 1. The molecule has 2 aliphatic rings. The quantitative estimate of drug-likeness (QED) is 0.749. The van der Waals surface area contributed by atoms with E-state index in [0.717, 1.165) is 25.8 Å². The van der Waals surface area contributed by atoms with Crippen LogP contribution in [0.1, 0.15) is 51.9 Å². The van der Waals surface area contributed by atoms with Crippen LogP contribution in [0.2, 0.25) is 0 Å². The minimum absolute atomic E-state index is 0.282. The van der Waals surface area contributed by atoms with E-state index in [1.165, 1.54) is 32.2 Å². The monoisotopic (exact) mass is 197 g/mol. The Morgan fingerprint density at radius 1 is 1.29 bits per heavy atom. The Kier molecular flexibility index (Phi) is 3.13. The number of rotatable bonds is 3. The van der Waals surface area contributed by atoms with Crippen LogP contribution in [0.25, 0.3) is 0 Å². The molecule has 82 valence electrons. The molecule has 1 saturated carbocycles. The summed E-state index contributed by atoms with van der Waals surface area (Å²) in [6, 6.07) is 0.666. The van der Waals surface area contributed by atoms with Crippen LogP contribution in [0.3, 0.4) is 0 Å². The number of piperidine rings is 1. The van der Waals surface area contributed by atoms with Gasteiger partial charge in [0.1, 0.15) is 0 Å². The van der Waals surface area contributed by atoms with Gasteiger partial charge >= 0.3 is 0 Å². The maximum atomic E-state index is 10.1. The van der Waals surface area contributed by atoms with Crippen molar-refractivity contribution in [3.63, 3.8) is 0 Å². The van der Waals surface area contributed by atoms with E-state index in [2.05, 4.69) is 11.8 Å². The van der Waals surface area contributed by atoms with Crippen LogP contribution in [-0.2, 0) is 0 Å². The first-order valence-electron chi connectivity index (χ1n) is 6.20. The Balaban J connectivity index is 1.87. The van der Waals surface area contributed by atoms with Crippen molar-refractivity contribution in [2.75, 3.05) is 13.1 Å². The Labute approximate surface area is 87.3 Å². The molecule has 14 heavy (non-hydrogen) atoms. The molecule has 0 bridgehead atoms. The molecule has 0 spiro atoms. The normalized spacial score (nSPS) is 32.6. The van der Waals surface area contributed by atoms with E-state index >= 15 is 0 Å². The van der Waals surface area contributed by atoms with Crippen LogP contribution in [0, 0.1) is 0 Å². The Morgan fingerprint density at radius 2 is 2.07 bits per heavy atom. The lowest BCUT2D eigenvalue weighted by atomic mass is 9.74. The Bertz CT molecular complexity index is 189. The summed E-state index contributed by atoms with van der Waals surface area (Å²) in [5, 5.41) is 10.1. The van der Waals surface area contributed by atoms with Gasteiger partial charge in [0.05, 0.1) is 5.60 Å². The summed E-state index contributed by atoms with van der Waals surface area (Å²) in [5.74, 6) is 0. The van der Waals surface area contributed by atoms with Crippen molar-refractivity contribution in [1.29, 1.82) is 0 Å². The van der Waals surface area contributed by atoms with Gasteiger partial charge in [0.15, 0.2) is 0 Å². The third kappa shape index (κ3) is 2.12. The van der Waals surface area contributed by atoms with Gasteiger partial charge in [-0.05, 0) is 51.6 Å². The van der Waals surface area contributed by atoms with Crippen molar-refractivity contribution in [1.82, 2.24) is 4.90 Å². The van der Waals surface area contributed by atoms with Gasteiger partial charge in [-0.3, -0.25) is 0 Å². The maximum absolute atomic E-state index is 10.1. The molecule has 0 aromatic heterocycles. The van der Waals surface area contributed by atoms with E-state index < -0.39 is 0 Å². The molecular weight excluding hydrogens is 174 g/mol. The molecule has 1 unspecified atom stereocenters. The van der Waals surface area contributed by atoms with Crippen molar-refractivity contribution in [2.24, 2.45) is 0 Å². The first-order valence-corrected chi connectivity index (χ1v) is 6.20. The van der Waals surface area contributed by atoms with Crippen molar-refractivity contribution in [3.8, 4) is 0 Å². The van der Waals surface area contributed by atoms with Gasteiger partial charge < -0.3 is 10.0 Å². The fourth-order valence-electron chi connectivity index (χ4n) is 2.94. The summed E-state index contributed by atoms with van der Waals surface area (Å²) in [4.78, 5) is 2.56. The fourth-order valence-corrected chi connectivity index (χ4v) is 2.94. The summed E-state index contributed by atoms with van der Waals surface area (Å²) in [6.45, 7) is 4.64. The van der Waals surface area contributed by atoms with E-state index in [-0.39, 0.29) is 5.60 Å². The van der Waals surface area contributed by atoms with E-state index in [1.807, 2.05) is 0 Å². The SMILES string of the molecule is CCN1CCCCC1CC1(O)CCC1. The average molecular weight is 197 g/mol. The molecule has 0 aromatic carbocycles. The molecule has 1 atom stereocenters. The summed E-state index contributed by atoms with van der Waals surface area (Å²) in [5.41, 5.74) is -0.282. The third-order valence-corrected chi connectivity index (χ3v) is 4.06. The molecule has 0 amide bonds. The third-order valence-electron chi connectivity index (χ3n) is 4.06. The van der Waals surface area contributed by atoms with Crippen LogP contribution in [0.15, 0.2) is 0 Å². The number of nitrogens with zero attached hydrogens (tertiary/aromatic N) is 1. The van der Waals surface area contributed by atoms with Crippen molar-refractivity contribution < 1.29 is 5.11 Å². The maximum Gasteiger partial charge on any atom is 0.0662 e. The second-order valence-electron chi connectivity index (χ2n) is 5.06. The molecule has 1 heterocycles. The number of likely N-dealkylation sites (tertiary alicyclic amines) is 1. The highest BCUT2D eigenvalue weighted by atomic mass is 16.3. The van der Waals surface area contributed by atoms with Crippen LogP contribution < -0.4 is 0 Å². The Hall–Kier alpha value is -0.0800. The highest BCUT2D eigenvalue weighted by Crippen LogP contribution is 2.38. The lowest BCUT2D eigenvalue weighted by Gasteiger charge is -2.44. The number of hydrogen-bond acceptors (Lipinski definition) is 2. The molecule has 1 aliphatic carbocycles. The molecule has 2 heteroatoms. The fraction of sp³-hybridized carbons (Fsp3) is 1.00. The van der Waals surface area contributed by atoms with E-state index in [0.29, 0.717) is 6.04 Å². The standard InChI is InChI=1S/C12H23NO/c1-2-13-9-4-3-6-11(13)10-12(14)7-5-8-12/h11,14H,2-10H2,1H3. The topological polar surface area (TPSA) is 23.5 Å². The zero-order valence-electron chi connectivity index (χ0n) is 9.34. The molecule has 0 radical (unpaired) electrons. The van der Waals surface area contributed by atoms with Crippen LogP contribution in [-0.4, -0.2) is 34.7 Å². The summed E-state index contributed by atoms with van der Waals surface area (Å²) in [6.07, 6.45) is 8.36. The van der Waals surface area contributed by atoms with Crippen molar-refractivity contribution in [2.45, 2.75) is 63.5 Å². The highest BCUT2D eigenvalue weighted by molar-refractivity contribution is 4.92. The van der Waals surface area contributed by atoms with Crippen molar-refractivity contribution in [3.05, 3.63) is 0 Å². The molecule has 0 aromatic rings. The lowest BCUT2D eigenvalue weighted by Crippen LogP contribution is -2.47. The summed E-state index contributed by atoms with van der Waals surface area (Å²) >= 11 is 0. The van der Waals surface area contributed by atoms with Gasteiger partial charge in [-0.15, -0.1) is 0 Å². The minimum Gasteiger partial charge on any atom is -0.390 e. The second kappa shape index (κ2) is 4.19.